The van der Waals surface area contributed by atoms with Gasteiger partial charge in [-0.25, -0.2) is 0 Å². The van der Waals surface area contributed by atoms with Gasteiger partial charge in [0.1, 0.15) is 0 Å². The van der Waals surface area contributed by atoms with Crippen LogP contribution in [0.4, 0.5) is 0 Å². The molecule has 1 N–H and O–H groups in total. The normalized spacial score (nSPS) is 46.3. The van der Waals surface area contributed by atoms with E-state index in [1.54, 1.807) is 32.1 Å². The molecule has 1 aliphatic heterocycles. The predicted octanol–water partition coefficient (Wildman–Crippen LogP) is 2.56. The number of halogens is 2. The van der Waals surface area contributed by atoms with Gasteiger partial charge in [0.05, 0.1) is 0 Å². The second-order valence-corrected chi connectivity index (χ2v) is 6.71. The van der Waals surface area contributed by atoms with Gasteiger partial charge in [0.25, 0.3) is 0 Å². The minimum absolute atomic E-state index is 0. The Hall–Kier alpha value is 0.500. The monoisotopic (exact) mass is 292 g/mol. The van der Waals surface area contributed by atoms with Crippen LogP contribution in [0, 0.1) is 23.7 Å². The van der Waals surface area contributed by atoms with Crippen LogP contribution < -0.4 is 5.32 Å². The first-order valence-corrected chi connectivity index (χ1v) is 7.35. The molecule has 0 aromatic heterocycles. The number of nitrogens with zero attached hydrogens (tertiary/aromatic N) is 1. The van der Waals surface area contributed by atoms with Crippen LogP contribution in [0.25, 0.3) is 0 Å². The maximum Gasteiger partial charge on any atom is 0.0153 e. The quantitative estimate of drug-likeness (QED) is 0.799. The lowest BCUT2D eigenvalue weighted by Crippen LogP contribution is -2.59. The van der Waals surface area contributed by atoms with Gasteiger partial charge in [0, 0.05) is 32.2 Å². The van der Waals surface area contributed by atoms with Gasteiger partial charge in [-0.1, -0.05) is 0 Å². The van der Waals surface area contributed by atoms with Gasteiger partial charge in [-0.3, -0.25) is 4.90 Å². The Morgan fingerprint density at radius 3 is 1.72 bits per heavy atom. The first-order chi connectivity index (χ1) is 7.90. The lowest BCUT2D eigenvalue weighted by molar-refractivity contribution is -0.0680. The molecular formula is C14H26Cl2N2. The second-order valence-electron chi connectivity index (χ2n) is 6.71. The average molecular weight is 293 g/mol. The fourth-order valence-electron chi connectivity index (χ4n) is 5.47. The van der Waals surface area contributed by atoms with Crippen molar-refractivity contribution in [3.8, 4) is 0 Å². The summed E-state index contributed by atoms with van der Waals surface area (Å²) in [5.74, 6) is 4.41. The summed E-state index contributed by atoms with van der Waals surface area (Å²) in [6.07, 6.45) is 7.87. The predicted molar refractivity (Wildman–Crippen MR) is 79.8 cm³/mol. The van der Waals surface area contributed by atoms with E-state index in [-0.39, 0.29) is 24.8 Å². The van der Waals surface area contributed by atoms with Crippen molar-refractivity contribution in [3.05, 3.63) is 0 Å². The van der Waals surface area contributed by atoms with Gasteiger partial charge >= 0.3 is 0 Å². The highest BCUT2D eigenvalue weighted by molar-refractivity contribution is 5.85. The van der Waals surface area contributed by atoms with Crippen molar-refractivity contribution >= 4 is 24.8 Å². The van der Waals surface area contributed by atoms with Gasteiger partial charge < -0.3 is 5.32 Å². The van der Waals surface area contributed by atoms with Crippen molar-refractivity contribution < 1.29 is 0 Å². The van der Waals surface area contributed by atoms with Gasteiger partial charge in [0.15, 0.2) is 0 Å². The Morgan fingerprint density at radius 2 is 1.22 bits per heavy atom. The van der Waals surface area contributed by atoms with E-state index in [0.29, 0.717) is 0 Å². The fraction of sp³-hybridized carbons (Fsp3) is 1.00. The molecule has 5 rings (SSSR count). The highest BCUT2D eigenvalue weighted by atomic mass is 35.5. The van der Waals surface area contributed by atoms with E-state index in [0.717, 1.165) is 29.7 Å². The van der Waals surface area contributed by atoms with E-state index in [2.05, 4.69) is 10.2 Å². The van der Waals surface area contributed by atoms with Crippen molar-refractivity contribution in [2.75, 3.05) is 26.2 Å². The molecule has 0 unspecified atom stereocenters. The zero-order valence-corrected chi connectivity index (χ0v) is 12.6. The van der Waals surface area contributed by atoms with E-state index in [1.165, 1.54) is 26.2 Å². The summed E-state index contributed by atoms with van der Waals surface area (Å²) in [6, 6.07) is 0.981. The molecule has 2 nitrogen and oxygen atoms in total. The second kappa shape index (κ2) is 5.87. The van der Waals surface area contributed by atoms with Gasteiger partial charge in [-0.2, -0.15) is 0 Å². The molecule has 18 heavy (non-hydrogen) atoms. The summed E-state index contributed by atoms with van der Waals surface area (Å²) in [7, 11) is 0. The number of piperazine rings is 1. The molecule has 4 saturated carbocycles. The Balaban J connectivity index is 0.000000602. The minimum Gasteiger partial charge on any atom is -0.314 e. The molecule has 4 aliphatic carbocycles. The smallest absolute Gasteiger partial charge is 0.0153 e. The third kappa shape index (κ3) is 2.42. The van der Waals surface area contributed by atoms with E-state index < -0.39 is 0 Å². The molecule has 0 aromatic rings. The van der Waals surface area contributed by atoms with Crippen molar-refractivity contribution in [3.63, 3.8) is 0 Å². The summed E-state index contributed by atoms with van der Waals surface area (Å²) in [5, 5.41) is 3.50. The highest BCUT2D eigenvalue weighted by Crippen LogP contribution is 2.55. The van der Waals surface area contributed by atoms with Crippen LogP contribution in [0.3, 0.4) is 0 Å². The van der Waals surface area contributed by atoms with Crippen LogP contribution in [0.5, 0.6) is 0 Å². The Morgan fingerprint density at radius 1 is 0.722 bits per heavy atom. The Labute approximate surface area is 123 Å². The number of hydrogen-bond acceptors (Lipinski definition) is 2. The summed E-state index contributed by atoms with van der Waals surface area (Å²) >= 11 is 0. The highest BCUT2D eigenvalue weighted by Gasteiger charge is 2.49. The standard InChI is InChI=1S/C14H24N2.2ClH/c1-3-16(4-2-15-1)14-12-6-10-5-11(8-12)9-13(14)7-10;;/h10-15H,1-9H2;2*1H. The maximum atomic E-state index is 3.50. The summed E-state index contributed by atoms with van der Waals surface area (Å²) in [5.41, 5.74) is 0. The minimum atomic E-state index is 0. The van der Waals surface area contributed by atoms with E-state index in [9.17, 15) is 0 Å². The largest absolute Gasteiger partial charge is 0.314 e. The first kappa shape index (κ1) is 14.9. The van der Waals surface area contributed by atoms with Crippen molar-refractivity contribution in [1.82, 2.24) is 10.2 Å². The zero-order valence-electron chi connectivity index (χ0n) is 11.0. The lowest BCUT2D eigenvalue weighted by Gasteiger charge is -2.57. The molecule has 0 radical (unpaired) electrons. The van der Waals surface area contributed by atoms with E-state index in [1.807, 2.05) is 0 Å². The van der Waals surface area contributed by atoms with Gasteiger partial charge in [0.2, 0.25) is 0 Å². The summed E-state index contributed by atoms with van der Waals surface area (Å²) in [6.45, 7) is 5.07. The molecule has 106 valence electrons. The molecule has 4 heteroatoms. The molecule has 1 heterocycles. The molecule has 0 spiro atoms. The zero-order chi connectivity index (χ0) is 10.5. The van der Waals surface area contributed by atoms with Crippen molar-refractivity contribution in [2.45, 2.75) is 38.1 Å². The third-order valence-corrected chi connectivity index (χ3v) is 5.75. The molecule has 0 aromatic carbocycles. The van der Waals surface area contributed by atoms with Gasteiger partial charge in [-0.15, -0.1) is 24.8 Å². The van der Waals surface area contributed by atoms with Crippen LogP contribution in [0.2, 0.25) is 0 Å². The van der Waals surface area contributed by atoms with Crippen LogP contribution in [0.15, 0.2) is 0 Å². The van der Waals surface area contributed by atoms with E-state index in [4.69, 9.17) is 0 Å². The Bertz CT molecular complexity index is 248. The van der Waals surface area contributed by atoms with Crippen molar-refractivity contribution in [2.24, 2.45) is 23.7 Å². The lowest BCUT2D eigenvalue weighted by atomic mass is 9.54. The topological polar surface area (TPSA) is 15.3 Å². The Kier molecular flexibility index (Phi) is 4.86. The van der Waals surface area contributed by atoms with Crippen LogP contribution >= 0.6 is 24.8 Å². The summed E-state index contributed by atoms with van der Waals surface area (Å²) < 4.78 is 0. The molecule has 1 saturated heterocycles. The molecule has 0 atom stereocenters. The number of nitrogens with one attached hydrogen (secondary N) is 1. The van der Waals surface area contributed by atoms with E-state index >= 15 is 0 Å². The fourth-order valence-corrected chi connectivity index (χ4v) is 5.47. The molecule has 4 bridgehead atoms. The molecule has 5 aliphatic rings. The first-order valence-electron chi connectivity index (χ1n) is 7.35. The maximum absolute atomic E-state index is 3.50. The molecule has 0 amide bonds. The summed E-state index contributed by atoms with van der Waals surface area (Å²) in [4.78, 5) is 2.84. The SMILES string of the molecule is C1CN(C2C3CC4CC(C3)CC2C4)CCN1.Cl.Cl. The van der Waals surface area contributed by atoms with Gasteiger partial charge in [-0.05, 0) is 55.8 Å². The van der Waals surface area contributed by atoms with Crippen LogP contribution in [0.1, 0.15) is 32.1 Å². The van der Waals surface area contributed by atoms with Crippen molar-refractivity contribution in [1.29, 1.82) is 0 Å². The molecular weight excluding hydrogens is 267 g/mol. The molecule has 5 fully saturated rings. The number of rotatable bonds is 1. The number of hydrogen-bond donors (Lipinski definition) is 1. The van der Waals surface area contributed by atoms with Crippen LogP contribution in [-0.4, -0.2) is 37.1 Å². The average Bonchev–Trinajstić information content (AvgIpc) is 2.29. The van der Waals surface area contributed by atoms with Crippen LogP contribution in [-0.2, 0) is 0 Å². The third-order valence-electron chi connectivity index (χ3n) is 5.75.